The second-order valence-corrected chi connectivity index (χ2v) is 5.60. The number of carbonyl (C=O) groups excluding carboxylic acids is 1. The molecule has 0 spiro atoms. The summed E-state index contributed by atoms with van der Waals surface area (Å²) in [4.78, 5) is 20.5. The van der Waals surface area contributed by atoms with E-state index < -0.39 is 5.91 Å². The van der Waals surface area contributed by atoms with Crippen molar-refractivity contribution in [1.82, 2.24) is 24.7 Å². The largest absolute Gasteiger partial charge is 0.417 e. The SMILES string of the molecule is Cc1nnc(C(=O)Nc2cc3cc(-c4cncn4C)ccc3cn2)o1.[HH]. The van der Waals surface area contributed by atoms with E-state index >= 15 is 0 Å². The van der Waals surface area contributed by atoms with E-state index in [-0.39, 0.29) is 7.32 Å². The van der Waals surface area contributed by atoms with Gasteiger partial charge in [0.05, 0.1) is 18.2 Å². The number of anilines is 1. The summed E-state index contributed by atoms with van der Waals surface area (Å²) in [6, 6.07) is 7.83. The number of nitrogens with zero attached hydrogens (tertiary/aromatic N) is 5. The zero-order chi connectivity index (χ0) is 17.4. The molecule has 8 nitrogen and oxygen atoms in total. The zero-order valence-electron chi connectivity index (χ0n) is 13.6. The van der Waals surface area contributed by atoms with E-state index in [0.717, 1.165) is 22.0 Å². The number of pyridine rings is 1. The topological polar surface area (TPSA) is 98.7 Å². The average molecular weight is 336 g/mol. The Morgan fingerprint density at radius 2 is 2.08 bits per heavy atom. The predicted molar refractivity (Wildman–Crippen MR) is 93.0 cm³/mol. The molecule has 1 aromatic carbocycles. The van der Waals surface area contributed by atoms with Crippen LogP contribution in [0.5, 0.6) is 0 Å². The van der Waals surface area contributed by atoms with E-state index in [2.05, 4.69) is 25.5 Å². The highest BCUT2D eigenvalue weighted by atomic mass is 16.4. The zero-order valence-corrected chi connectivity index (χ0v) is 13.6. The van der Waals surface area contributed by atoms with Crippen molar-refractivity contribution in [3.63, 3.8) is 0 Å². The van der Waals surface area contributed by atoms with E-state index in [9.17, 15) is 4.79 Å². The summed E-state index contributed by atoms with van der Waals surface area (Å²) >= 11 is 0. The van der Waals surface area contributed by atoms with Crippen molar-refractivity contribution in [1.29, 1.82) is 0 Å². The fourth-order valence-corrected chi connectivity index (χ4v) is 2.56. The molecule has 0 saturated carbocycles. The monoisotopic (exact) mass is 336 g/mol. The second kappa shape index (κ2) is 5.82. The molecule has 8 heteroatoms. The van der Waals surface area contributed by atoms with Crippen LogP contribution in [-0.4, -0.2) is 30.6 Å². The number of imidazole rings is 1. The smallest absolute Gasteiger partial charge is 0.314 e. The third kappa shape index (κ3) is 2.85. The maximum absolute atomic E-state index is 12.1. The third-order valence-corrected chi connectivity index (χ3v) is 3.80. The Hall–Kier alpha value is -3.55. The molecule has 0 aliphatic carbocycles. The molecular weight excluding hydrogens is 320 g/mol. The molecule has 0 saturated heterocycles. The molecule has 0 atom stereocenters. The second-order valence-electron chi connectivity index (χ2n) is 5.60. The Morgan fingerprint density at radius 3 is 2.80 bits per heavy atom. The van der Waals surface area contributed by atoms with Crippen LogP contribution in [0.4, 0.5) is 5.82 Å². The Bertz CT molecular complexity index is 1090. The highest BCUT2D eigenvalue weighted by molar-refractivity contribution is 6.01. The van der Waals surface area contributed by atoms with Crippen LogP contribution in [0.1, 0.15) is 18.0 Å². The van der Waals surface area contributed by atoms with Crippen molar-refractivity contribution >= 4 is 22.5 Å². The lowest BCUT2D eigenvalue weighted by atomic mass is 10.1. The average Bonchev–Trinajstić information content (AvgIpc) is 3.22. The number of aryl methyl sites for hydroxylation is 2. The summed E-state index contributed by atoms with van der Waals surface area (Å²) in [6.45, 7) is 1.62. The molecule has 3 aromatic heterocycles. The molecule has 1 amide bonds. The van der Waals surface area contributed by atoms with Gasteiger partial charge in [0, 0.05) is 32.5 Å². The molecule has 3 heterocycles. The van der Waals surface area contributed by atoms with Gasteiger partial charge in [0.15, 0.2) is 0 Å². The first-order valence-corrected chi connectivity index (χ1v) is 7.58. The van der Waals surface area contributed by atoms with Gasteiger partial charge in [-0.25, -0.2) is 9.97 Å². The first-order chi connectivity index (χ1) is 12.1. The van der Waals surface area contributed by atoms with Gasteiger partial charge in [-0.2, -0.15) is 0 Å². The van der Waals surface area contributed by atoms with E-state index in [1.54, 1.807) is 25.5 Å². The van der Waals surface area contributed by atoms with Crippen LogP contribution in [0.15, 0.2) is 47.4 Å². The van der Waals surface area contributed by atoms with Crippen LogP contribution in [0, 0.1) is 6.92 Å². The van der Waals surface area contributed by atoms with Crippen molar-refractivity contribution in [3.05, 3.63) is 54.8 Å². The Morgan fingerprint density at radius 1 is 1.20 bits per heavy atom. The Kier molecular flexibility index (Phi) is 3.50. The lowest BCUT2D eigenvalue weighted by Crippen LogP contribution is -2.13. The minimum Gasteiger partial charge on any atom is -0.417 e. The van der Waals surface area contributed by atoms with Crippen LogP contribution < -0.4 is 5.32 Å². The summed E-state index contributed by atoms with van der Waals surface area (Å²) < 4.78 is 7.06. The summed E-state index contributed by atoms with van der Waals surface area (Å²) in [6.07, 6.45) is 5.27. The van der Waals surface area contributed by atoms with Gasteiger partial charge in [-0.1, -0.05) is 12.1 Å². The molecule has 0 unspecified atom stereocenters. The van der Waals surface area contributed by atoms with E-state index in [4.69, 9.17) is 4.42 Å². The standard InChI is InChI=1S/C17H14N6O2.H2/c1-10-21-22-17(25-10)16(24)20-15-6-13-5-11(3-4-12(13)7-19-15)14-8-18-9-23(14)2;/h3-9H,1-2H3,(H,19,20,24);1H. The molecule has 25 heavy (non-hydrogen) atoms. The number of nitrogens with one attached hydrogen (secondary N) is 1. The first-order valence-electron chi connectivity index (χ1n) is 7.58. The highest BCUT2D eigenvalue weighted by Gasteiger charge is 2.14. The quantitative estimate of drug-likeness (QED) is 0.617. The molecule has 0 aliphatic heterocycles. The fraction of sp³-hybridized carbons (Fsp3) is 0.118. The van der Waals surface area contributed by atoms with Crippen molar-refractivity contribution in [2.45, 2.75) is 6.92 Å². The number of hydrogen-bond acceptors (Lipinski definition) is 6. The Labute approximate surface area is 144 Å². The fourth-order valence-electron chi connectivity index (χ4n) is 2.56. The first kappa shape index (κ1) is 15.0. The van der Waals surface area contributed by atoms with Gasteiger partial charge in [-0.3, -0.25) is 4.79 Å². The van der Waals surface area contributed by atoms with E-state index in [1.165, 1.54) is 0 Å². The molecule has 4 aromatic rings. The summed E-state index contributed by atoms with van der Waals surface area (Å²) in [5, 5.41) is 11.9. The van der Waals surface area contributed by atoms with Crippen LogP contribution in [-0.2, 0) is 7.05 Å². The number of hydrogen-bond donors (Lipinski definition) is 1. The van der Waals surface area contributed by atoms with Crippen LogP contribution >= 0.6 is 0 Å². The minimum absolute atomic E-state index is 0. The van der Waals surface area contributed by atoms with Gasteiger partial charge < -0.3 is 14.3 Å². The number of benzene rings is 1. The predicted octanol–water partition coefficient (Wildman–Crippen LogP) is 2.83. The molecule has 0 radical (unpaired) electrons. The molecule has 126 valence electrons. The van der Waals surface area contributed by atoms with Crippen molar-refractivity contribution in [2.75, 3.05) is 5.32 Å². The van der Waals surface area contributed by atoms with Gasteiger partial charge in [0.1, 0.15) is 5.82 Å². The summed E-state index contributed by atoms with van der Waals surface area (Å²) in [5.74, 6) is 0.159. The lowest BCUT2D eigenvalue weighted by molar-refractivity contribution is 0.0988. The van der Waals surface area contributed by atoms with Crippen LogP contribution in [0.3, 0.4) is 0 Å². The molecule has 0 bridgehead atoms. The maximum atomic E-state index is 12.1. The van der Waals surface area contributed by atoms with Gasteiger partial charge >= 0.3 is 11.8 Å². The number of carbonyl (C=O) groups is 1. The van der Waals surface area contributed by atoms with Gasteiger partial charge in [-0.05, 0) is 17.5 Å². The molecule has 1 N–H and O–H groups in total. The van der Waals surface area contributed by atoms with Crippen molar-refractivity contribution in [2.24, 2.45) is 7.05 Å². The van der Waals surface area contributed by atoms with Gasteiger partial charge in [0.25, 0.3) is 0 Å². The van der Waals surface area contributed by atoms with Crippen LogP contribution in [0.2, 0.25) is 0 Å². The lowest BCUT2D eigenvalue weighted by Gasteiger charge is -2.06. The number of aromatic nitrogens is 5. The molecule has 4 rings (SSSR count). The normalized spacial score (nSPS) is 11.0. The van der Waals surface area contributed by atoms with Gasteiger partial charge in [0.2, 0.25) is 5.89 Å². The van der Waals surface area contributed by atoms with E-state index in [0.29, 0.717) is 11.7 Å². The number of fused-ring (bicyclic) bond motifs is 1. The minimum atomic E-state index is -0.491. The summed E-state index contributed by atoms with van der Waals surface area (Å²) in [5.41, 5.74) is 2.04. The highest BCUT2D eigenvalue weighted by Crippen LogP contribution is 2.25. The molecule has 0 fully saturated rings. The van der Waals surface area contributed by atoms with Crippen molar-refractivity contribution < 1.29 is 10.6 Å². The van der Waals surface area contributed by atoms with Gasteiger partial charge in [-0.15, -0.1) is 10.2 Å². The maximum Gasteiger partial charge on any atom is 0.314 e. The van der Waals surface area contributed by atoms with Crippen molar-refractivity contribution in [3.8, 4) is 11.3 Å². The molecule has 0 aliphatic rings. The third-order valence-electron chi connectivity index (χ3n) is 3.80. The van der Waals surface area contributed by atoms with E-state index in [1.807, 2.05) is 36.0 Å². The Balaban J connectivity index is 0.00000196. The summed E-state index contributed by atoms with van der Waals surface area (Å²) in [7, 11) is 1.94. The number of rotatable bonds is 3. The number of amides is 1. The van der Waals surface area contributed by atoms with Crippen LogP contribution in [0.25, 0.3) is 22.0 Å². The molecular formula is C17H16N6O2.